The van der Waals surface area contributed by atoms with E-state index in [2.05, 4.69) is 0 Å². The predicted octanol–water partition coefficient (Wildman–Crippen LogP) is 7.62. The standard InChI is InChI=1S/C33H24O6S2/c34-40(35,36)33(28-20-19-23-11-7-8-16-26(23)21-28)39-41(37,38)32-30(24-12-3-1-4-13-24)22-27-17-9-10-18-29(27)31(32)25-14-5-2-6-15-25/h1-22,33H,(H,34,35,36). The third-order valence-electron chi connectivity index (χ3n) is 6.93. The fourth-order valence-electron chi connectivity index (χ4n) is 5.11. The molecule has 6 nitrogen and oxygen atoms in total. The Balaban J connectivity index is 1.63. The Kier molecular flexibility index (Phi) is 6.93. The first kappa shape index (κ1) is 26.9. The number of rotatable bonds is 7. The molecule has 0 saturated carbocycles. The highest BCUT2D eigenvalue weighted by molar-refractivity contribution is 7.89. The van der Waals surface area contributed by atoms with Gasteiger partial charge in [-0.2, -0.15) is 16.8 Å². The van der Waals surface area contributed by atoms with Crippen molar-refractivity contribution >= 4 is 41.8 Å². The SMILES string of the molecule is O=S(=O)(OC(c1ccc2ccccc2c1)S(=O)(=O)O)c1c(-c2ccccc2)cc2ccccc2c1-c1ccccc1. The van der Waals surface area contributed by atoms with Gasteiger partial charge in [0.15, 0.2) is 0 Å². The number of benzene rings is 6. The summed E-state index contributed by atoms with van der Waals surface area (Å²) in [4.78, 5) is -0.192. The van der Waals surface area contributed by atoms with Crippen LogP contribution < -0.4 is 0 Å². The zero-order valence-corrected chi connectivity index (χ0v) is 23.2. The van der Waals surface area contributed by atoms with E-state index >= 15 is 0 Å². The lowest BCUT2D eigenvalue weighted by atomic mass is 9.93. The summed E-state index contributed by atoms with van der Waals surface area (Å²) in [6.45, 7) is 0. The van der Waals surface area contributed by atoms with E-state index in [0.717, 1.165) is 10.8 Å². The molecule has 1 unspecified atom stereocenters. The van der Waals surface area contributed by atoms with Gasteiger partial charge in [0.25, 0.3) is 20.2 Å². The molecule has 204 valence electrons. The summed E-state index contributed by atoms with van der Waals surface area (Å²) in [5, 5.41) is 2.93. The van der Waals surface area contributed by atoms with Crippen molar-refractivity contribution in [3.05, 3.63) is 139 Å². The highest BCUT2D eigenvalue weighted by Crippen LogP contribution is 2.44. The summed E-state index contributed by atoms with van der Waals surface area (Å²) in [6, 6.07) is 38.9. The van der Waals surface area contributed by atoms with Gasteiger partial charge in [-0.3, -0.25) is 4.55 Å². The molecule has 0 aromatic heterocycles. The highest BCUT2D eigenvalue weighted by atomic mass is 32.2. The lowest BCUT2D eigenvalue weighted by Gasteiger charge is -2.21. The number of hydrogen-bond donors (Lipinski definition) is 1. The van der Waals surface area contributed by atoms with Gasteiger partial charge in [-0.15, -0.1) is 0 Å². The summed E-state index contributed by atoms with van der Waals surface area (Å²) in [7, 11) is -9.86. The summed E-state index contributed by atoms with van der Waals surface area (Å²) < 4.78 is 69.8. The third-order valence-corrected chi connectivity index (χ3v) is 9.33. The van der Waals surface area contributed by atoms with Gasteiger partial charge in [-0.05, 0) is 44.8 Å². The minimum Gasteiger partial charge on any atom is -0.283 e. The molecule has 0 aliphatic rings. The molecule has 0 aliphatic heterocycles. The predicted molar refractivity (Wildman–Crippen MR) is 161 cm³/mol. The fraction of sp³-hybridized carbons (Fsp3) is 0.0303. The molecule has 0 bridgehead atoms. The molecular weight excluding hydrogens is 556 g/mol. The van der Waals surface area contributed by atoms with E-state index in [0.29, 0.717) is 33.0 Å². The van der Waals surface area contributed by atoms with Crippen molar-refractivity contribution in [3.8, 4) is 22.3 Å². The van der Waals surface area contributed by atoms with Gasteiger partial charge >= 0.3 is 0 Å². The van der Waals surface area contributed by atoms with Crippen molar-refractivity contribution in [2.75, 3.05) is 0 Å². The van der Waals surface area contributed by atoms with E-state index in [-0.39, 0.29) is 10.5 Å². The van der Waals surface area contributed by atoms with Crippen LogP contribution in [-0.2, 0) is 24.4 Å². The Morgan fingerprint density at radius 3 is 1.78 bits per heavy atom. The molecule has 1 N–H and O–H groups in total. The molecule has 6 aromatic carbocycles. The highest BCUT2D eigenvalue weighted by Gasteiger charge is 2.36. The molecule has 6 rings (SSSR count). The van der Waals surface area contributed by atoms with Crippen LogP contribution in [0, 0.1) is 0 Å². The summed E-state index contributed by atoms with van der Waals surface area (Å²) in [5.74, 6) is 0. The summed E-state index contributed by atoms with van der Waals surface area (Å²) >= 11 is 0. The summed E-state index contributed by atoms with van der Waals surface area (Å²) in [6.07, 6.45) is 0. The average molecular weight is 581 g/mol. The largest absolute Gasteiger partial charge is 0.299 e. The first-order valence-electron chi connectivity index (χ1n) is 12.8. The Morgan fingerprint density at radius 2 is 1.12 bits per heavy atom. The fourth-order valence-corrected chi connectivity index (χ4v) is 7.67. The van der Waals surface area contributed by atoms with Gasteiger partial charge in [0.2, 0.25) is 5.44 Å². The van der Waals surface area contributed by atoms with E-state index in [4.69, 9.17) is 4.18 Å². The van der Waals surface area contributed by atoms with Crippen LogP contribution in [0.25, 0.3) is 43.8 Å². The molecule has 0 heterocycles. The number of hydrogen-bond acceptors (Lipinski definition) is 5. The monoisotopic (exact) mass is 580 g/mol. The Labute approximate surface area is 238 Å². The molecule has 8 heteroatoms. The molecule has 0 fully saturated rings. The zero-order chi connectivity index (χ0) is 28.6. The molecule has 0 aliphatic carbocycles. The molecular formula is C33H24O6S2. The Morgan fingerprint density at radius 1 is 0.561 bits per heavy atom. The van der Waals surface area contributed by atoms with Crippen LogP contribution in [0.3, 0.4) is 0 Å². The lowest BCUT2D eigenvalue weighted by molar-refractivity contribution is 0.267. The normalized spacial score (nSPS) is 12.9. The molecule has 0 amide bonds. The van der Waals surface area contributed by atoms with Crippen LogP contribution >= 0.6 is 0 Å². The van der Waals surface area contributed by atoms with Gasteiger partial charge in [0.1, 0.15) is 4.90 Å². The van der Waals surface area contributed by atoms with Crippen molar-refractivity contribution in [2.45, 2.75) is 10.3 Å². The van der Waals surface area contributed by atoms with E-state index in [1.165, 1.54) is 12.1 Å². The average Bonchev–Trinajstić information content (AvgIpc) is 2.99. The first-order chi connectivity index (χ1) is 19.7. The topological polar surface area (TPSA) is 97.7 Å². The molecule has 6 aromatic rings. The minimum absolute atomic E-state index is 0.0157. The second-order valence-electron chi connectivity index (χ2n) is 9.59. The van der Waals surface area contributed by atoms with Crippen molar-refractivity contribution in [1.82, 2.24) is 0 Å². The van der Waals surface area contributed by atoms with Crippen molar-refractivity contribution in [2.24, 2.45) is 0 Å². The van der Waals surface area contributed by atoms with Gasteiger partial charge in [0, 0.05) is 16.7 Å². The van der Waals surface area contributed by atoms with Crippen LogP contribution in [0.15, 0.2) is 138 Å². The van der Waals surface area contributed by atoms with E-state index in [1.807, 2.05) is 48.5 Å². The van der Waals surface area contributed by atoms with Crippen molar-refractivity contribution in [1.29, 1.82) is 0 Å². The van der Waals surface area contributed by atoms with Crippen molar-refractivity contribution < 1.29 is 25.6 Å². The van der Waals surface area contributed by atoms with Crippen LogP contribution in [0.4, 0.5) is 0 Å². The van der Waals surface area contributed by atoms with E-state index < -0.39 is 25.7 Å². The van der Waals surface area contributed by atoms with Gasteiger partial charge < -0.3 is 0 Å². The van der Waals surface area contributed by atoms with E-state index in [9.17, 15) is 21.4 Å². The second-order valence-corrected chi connectivity index (χ2v) is 12.6. The molecule has 41 heavy (non-hydrogen) atoms. The lowest BCUT2D eigenvalue weighted by Crippen LogP contribution is -2.21. The minimum atomic E-state index is -5.03. The van der Waals surface area contributed by atoms with Crippen LogP contribution in [0.1, 0.15) is 11.0 Å². The molecule has 0 saturated heterocycles. The quantitative estimate of drug-likeness (QED) is 0.154. The first-order valence-corrected chi connectivity index (χ1v) is 15.7. The number of fused-ring (bicyclic) bond motifs is 2. The maximum atomic E-state index is 14.4. The van der Waals surface area contributed by atoms with E-state index in [1.54, 1.807) is 72.8 Å². The Bertz CT molecular complexity index is 2110. The van der Waals surface area contributed by atoms with Crippen LogP contribution in [0.2, 0.25) is 0 Å². The summed E-state index contributed by atoms with van der Waals surface area (Å²) in [5.41, 5.74) is -0.274. The molecule has 1 atom stereocenters. The maximum Gasteiger partial charge on any atom is 0.299 e. The van der Waals surface area contributed by atoms with Gasteiger partial charge in [-0.25, -0.2) is 4.18 Å². The second kappa shape index (κ2) is 10.6. The van der Waals surface area contributed by atoms with Gasteiger partial charge in [-0.1, -0.05) is 121 Å². The zero-order valence-electron chi connectivity index (χ0n) is 21.6. The smallest absolute Gasteiger partial charge is 0.283 e. The Hall–Kier alpha value is -4.34. The van der Waals surface area contributed by atoms with Crippen LogP contribution in [-0.4, -0.2) is 21.4 Å². The molecule has 0 radical (unpaired) electrons. The van der Waals surface area contributed by atoms with Gasteiger partial charge in [0.05, 0.1) is 0 Å². The molecule has 0 spiro atoms. The van der Waals surface area contributed by atoms with Crippen LogP contribution in [0.5, 0.6) is 0 Å². The maximum absolute atomic E-state index is 14.4. The van der Waals surface area contributed by atoms with Crippen molar-refractivity contribution in [3.63, 3.8) is 0 Å². The third kappa shape index (κ3) is 5.26.